The summed E-state index contributed by atoms with van der Waals surface area (Å²) in [6, 6.07) is 7.36. The lowest BCUT2D eigenvalue weighted by Crippen LogP contribution is -2.16. The molecule has 18 heavy (non-hydrogen) atoms. The van der Waals surface area contributed by atoms with Gasteiger partial charge in [-0.2, -0.15) is 0 Å². The third-order valence-electron chi connectivity index (χ3n) is 2.05. The molecule has 0 spiro atoms. The second-order valence-corrected chi connectivity index (χ2v) is 5.11. The first-order chi connectivity index (χ1) is 8.72. The molecular weight excluding hydrogens is 316 g/mol. The van der Waals surface area contributed by atoms with E-state index in [2.05, 4.69) is 31.1 Å². The van der Waals surface area contributed by atoms with Crippen LogP contribution in [0.5, 0.6) is 0 Å². The summed E-state index contributed by atoms with van der Waals surface area (Å²) < 4.78 is 0.879. The fraction of sp³-hybridized carbons (Fsp3) is 0. The smallest absolute Gasteiger partial charge is 0.189 e. The molecule has 0 saturated heterocycles. The van der Waals surface area contributed by atoms with Gasteiger partial charge in [0.05, 0.1) is 4.47 Å². The molecule has 0 aliphatic rings. The number of pyridine rings is 2. The number of oxime groups is 1. The summed E-state index contributed by atoms with van der Waals surface area (Å²) in [4.78, 5) is 9.11. The Balaban J connectivity index is 2.38. The minimum atomic E-state index is -0.0230. The summed E-state index contributed by atoms with van der Waals surface area (Å²) in [6.45, 7) is 0. The second-order valence-electron chi connectivity index (χ2n) is 3.23. The Bertz CT molecular complexity index is 591. The molecule has 0 aromatic carbocycles. The number of rotatable bonds is 3. The summed E-state index contributed by atoms with van der Waals surface area (Å²) in [5, 5.41) is 12.5. The Morgan fingerprint density at radius 2 is 2.00 bits per heavy atom. The fourth-order valence-corrected chi connectivity index (χ4v) is 2.65. The molecule has 5 nitrogen and oxygen atoms in total. The van der Waals surface area contributed by atoms with Gasteiger partial charge in [-0.1, -0.05) is 16.9 Å². The zero-order chi connectivity index (χ0) is 13.0. The van der Waals surface area contributed by atoms with E-state index < -0.39 is 0 Å². The largest absolute Gasteiger partial charge is 0.409 e. The average Bonchev–Trinajstić information content (AvgIpc) is 2.41. The molecule has 2 aromatic heterocycles. The Labute approximate surface area is 116 Å². The Morgan fingerprint density at radius 1 is 1.28 bits per heavy atom. The molecule has 7 heteroatoms. The van der Waals surface area contributed by atoms with Gasteiger partial charge in [-0.05, 0) is 40.2 Å². The van der Waals surface area contributed by atoms with Gasteiger partial charge in [-0.3, -0.25) is 4.98 Å². The maximum atomic E-state index is 8.72. The fourth-order valence-electron chi connectivity index (χ4n) is 1.26. The van der Waals surface area contributed by atoms with Crippen molar-refractivity contribution in [2.24, 2.45) is 10.9 Å². The highest BCUT2D eigenvalue weighted by atomic mass is 79.9. The van der Waals surface area contributed by atoms with E-state index in [4.69, 9.17) is 10.9 Å². The monoisotopic (exact) mass is 324 g/mol. The molecule has 0 aliphatic heterocycles. The quantitative estimate of drug-likeness (QED) is 0.392. The summed E-state index contributed by atoms with van der Waals surface area (Å²) in [5.41, 5.74) is 6.01. The third kappa shape index (κ3) is 2.80. The highest BCUT2D eigenvalue weighted by Crippen LogP contribution is 2.32. The molecule has 2 heterocycles. The van der Waals surface area contributed by atoms with Crippen LogP contribution in [0.2, 0.25) is 0 Å². The molecule has 2 rings (SSSR count). The van der Waals surface area contributed by atoms with Crippen molar-refractivity contribution in [2.45, 2.75) is 9.92 Å². The number of nitrogens with zero attached hydrogens (tertiary/aromatic N) is 3. The van der Waals surface area contributed by atoms with Crippen LogP contribution in [0.25, 0.3) is 0 Å². The third-order valence-corrected chi connectivity index (χ3v) is 4.02. The van der Waals surface area contributed by atoms with Crippen molar-refractivity contribution in [3.63, 3.8) is 0 Å². The molecule has 92 valence electrons. The van der Waals surface area contributed by atoms with Crippen LogP contribution in [0.3, 0.4) is 0 Å². The number of halogens is 1. The van der Waals surface area contributed by atoms with E-state index in [0.717, 1.165) is 14.4 Å². The SMILES string of the molecule is N/C(=N/O)c1ncccc1Sc1ncccc1Br. The van der Waals surface area contributed by atoms with Crippen molar-refractivity contribution in [2.75, 3.05) is 0 Å². The van der Waals surface area contributed by atoms with Crippen LogP contribution >= 0.6 is 27.7 Å². The predicted molar refractivity (Wildman–Crippen MR) is 72.8 cm³/mol. The summed E-state index contributed by atoms with van der Waals surface area (Å²) in [6.07, 6.45) is 3.29. The van der Waals surface area contributed by atoms with Gasteiger partial charge in [0.2, 0.25) is 0 Å². The molecular formula is C11H9BrN4OS. The minimum Gasteiger partial charge on any atom is -0.409 e. The number of hydrogen-bond donors (Lipinski definition) is 2. The van der Waals surface area contributed by atoms with Gasteiger partial charge in [-0.15, -0.1) is 0 Å². The van der Waals surface area contributed by atoms with E-state index in [1.54, 1.807) is 18.5 Å². The van der Waals surface area contributed by atoms with Crippen molar-refractivity contribution in [1.82, 2.24) is 9.97 Å². The first-order valence-electron chi connectivity index (χ1n) is 4.93. The first-order valence-corrected chi connectivity index (χ1v) is 6.54. The molecule has 3 N–H and O–H groups in total. The molecule has 0 unspecified atom stereocenters. The zero-order valence-electron chi connectivity index (χ0n) is 9.12. The van der Waals surface area contributed by atoms with Crippen LogP contribution in [0.4, 0.5) is 0 Å². The van der Waals surface area contributed by atoms with Gasteiger partial charge in [0, 0.05) is 17.3 Å². The molecule has 0 bridgehead atoms. The van der Waals surface area contributed by atoms with Gasteiger partial charge in [0.25, 0.3) is 0 Å². The van der Waals surface area contributed by atoms with Crippen LogP contribution in [-0.4, -0.2) is 21.0 Å². The lowest BCUT2D eigenvalue weighted by molar-refractivity contribution is 0.318. The molecule has 0 atom stereocenters. The van der Waals surface area contributed by atoms with E-state index >= 15 is 0 Å². The van der Waals surface area contributed by atoms with E-state index in [1.165, 1.54) is 11.8 Å². The van der Waals surface area contributed by atoms with Crippen molar-refractivity contribution < 1.29 is 5.21 Å². The van der Waals surface area contributed by atoms with Gasteiger partial charge in [0.15, 0.2) is 5.84 Å². The van der Waals surface area contributed by atoms with Crippen LogP contribution in [0.15, 0.2) is 56.2 Å². The summed E-state index contributed by atoms with van der Waals surface area (Å²) >= 11 is 4.81. The van der Waals surface area contributed by atoms with Gasteiger partial charge in [0.1, 0.15) is 10.7 Å². The van der Waals surface area contributed by atoms with Gasteiger partial charge >= 0.3 is 0 Å². The maximum Gasteiger partial charge on any atom is 0.189 e. The number of amidine groups is 1. The lowest BCUT2D eigenvalue weighted by Gasteiger charge is -2.06. The highest BCUT2D eigenvalue weighted by molar-refractivity contribution is 9.10. The van der Waals surface area contributed by atoms with E-state index in [9.17, 15) is 0 Å². The lowest BCUT2D eigenvalue weighted by atomic mass is 10.3. The first kappa shape index (κ1) is 12.8. The molecule has 2 aromatic rings. The molecule has 0 aliphatic carbocycles. The standard InChI is InChI=1S/C11H9BrN4OS/c12-7-3-1-6-15-11(7)18-8-4-2-5-14-9(8)10(13)16-17/h1-6,17H,(H2,13,16). The van der Waals surface area contributed by atoms with E-state index in [-0.39, 0.29) is 5.84 Å². The Kier molecular flexibility index (Phi) is 4.16. The van der Waals surface area contributed by atoms with E-state index in [1.807, 2.05) is 18.2 Å². The molecule has 0 radical (unpaired) electrons. The topological polar surface area (TPSA) is 84.4 Å². The van der Waals surface area contributed by atoms with Gasteiger partial charge < -0.3 is 10.9 Å². The average molecular weight is 325 g/mol. The number of hydrogen-bond acceptors (Lipinski definition) is 5. The predicted octanol–water partition coefficient (Wildman–Crippen LogP) is 2.48. The summed E-state index contributed by atoms with van der Waals surface area (Å²) in [7, 11) is 0. The normalized spacial score (nSPS) is 11.5. The molecule has 0 saturated carbocycles. The van der Waals surface area contributed by atoms with Crippen molar-refractivity contribution in [3.05, 3.63) is 46.8 Å². The van der Waals surface area contributed by atoms with Crippen molar-refractivity contribution >= 4 is 33.5 Å². The number of nitrogens with two attached hydrogens (primary N) is 1. The van der Waals surface area contributed by atoms with E-state index in [0.29, 0.717) is 5.69 Å². The number of aromatic nitrogens is 2. The minimum absolute atomic E-state index is 0.0230. The van der Waals surface area contributed by atoms with Crippen LogP contribution in [0.1, 0.15) is 5.69 Å². The second kappa shape index (κ2) is 5.83. The Morgan fingerprint density at radius 3 is 2.72 bits per heavy atom. The Hall–Kier alpha value is -1.60. The van der Waals surface area contributed by atoms with Crippen LogP contribution in [-0.2, 0) is 0 Å². The van der Waals surface area contributed by atoms with Gasteiger partial charge in [-0.25, -0.2) is 4.98 Å². The highest BCUT2D eigenvalue weighted by Gasteiger charge is 2.11. The van der Waals surface area contributed by atoms with Crippen LogP contribution < -0.4 is 5.73 Å². The molecule has 0 amide bonds. The zero-order valence-corrected chi connectivity index (χ0v) is 11.5. The summed E-state index contributed by atoms with van der Waals surface area (Å²) in [5.74, 6) is -0.0230. The maximum absolute atomic E-state index is 8.72. The molecule has 0 fully saturated rings. The van der Waals surface area contributed by atoms with Crippen molar-refractivity contribution in [3.8, 4) is 0 Å². The van der Waals surface area contributed by atoms with Crippen LogP contribution in [0, 0.1) is 0 Å². The van der Waals surface area contributed by atoms with Crippen molar-refractivity contribution in [1.29, 1.82) is 0 Å².